The number of thiol groups is 3. The predicted octanol–water partition coefficient (Wildman–Crippen LogP) is 1.22. The molecule has 3 saturated carbocycles. The van der Waals surface area contributed by atoms with Crippen molar-refractivity contribution in [3.8, 4) is 0 Å². The summed E-state index contributed by atoms with van der Waals surface area (Å²) in [4.78, 5) is 0. The maximum Gasteiger partial charge on any atom is 0.0800 e. The Bertz CT molecular complexity index is 1230. The van der Waals surface area contributed by atoms with Gasteiger partial charge in [-0.05, 0) is 97.7 Å². The van der Waals surface area contributed by atoms with Gasteiger partial charge in [-0.15, -0.1) is 0 Å². The van der Waals surface area contributed by atoms with Gasteiger partial charge in [0.25, 0.3) is 0 Å². The van der Waals surface area contributed by atoms with E-state index < -0.39 is 59.6 Å². The normalized spacial score (nSPS) is 36.4. The molecule has 0 amide bonds. The molecule has 15 atom stereocenters. The topological polar surface area (TPSA) is 220 Å². The zero-order chi connectivity index (χ0) is 43.7. The van der Waals surface area contributed by atoms with Gasteiger partial charge in [0.15, 0.2) is 0 Å². The molecule has 3 aliphatic rings. The van der Waals surface area contributed by atoms with Crippen LogP contribution in [0.4, 0.5) is 0 Å². The first-order valence-electron chi connectivity index (χ1n) is 21.4. The Morgan fingerprint density at radius 2 is 1.14 bits per heavy atom. The Balaban J connectivity index is 1.76. The minimum absolute atomic E-state index is 0.116. The molecule has 3 rings (SSSR count). The zero-order valence-electron chi connectivity index (χ0n) is 34.9. The molecule has 0 saturated heterocycles. The second-order valence-corrected chi connectivity index (χ2v) is 19.3. The van der Waals surface area contributed by atoms with Gasteiger partial charge in [0.2, 0.25) is 0 Å². The monoisotopic (exact) mass is 916 g/mol. The van der Waals surface area contributed by atoms with Crippen LogP contribution < -0.4 is 16.1 Å². The number of hydrogen-bond donors (Lipinski definition) is 14. The van der Waals surface area contributed by atoms with E-state index in [1.807, 2.05) is 6.92 Å². The van der Waals surface area contributed by atoms with Crippen LogP contribution in [0.15, 0.2) is 24.6 Å². The summed E-state index contributed by atoms with van der Waals surface area (Å²) in [6.07, 6.45) is 2.14. The van der Waals surface area contributed by atoms with E-state index in [0.29, 0.717) is 55.9 Å². The van der Waals surface area contributed by atoms with Gasteiger partial charge in [0.1, 0.15) is 0 Å². The van der Waals surface area contributed by atoms with Gasteiger partial charge < -0.3 is 61.0 Å². The zero-order valence-corrected chi connectivity index (χ0v) is 38.3. The third-order valence-electron chi connectivity index (χ3n) is 13.3. The molecule has 0 aliphatic heterocycles. The molecule has 0 radical (unpaired) electrons. The van der Waals surface area contributed by atoms with E-state index in [1.165, 1.54) is 4.53 Å². The Morgan fingerprint density at radius 1 is 0.661 bits per heavy atom. The van der Waals surface area contributed by atoms with Crippen molar-refractivity contribution in [2.75, 3.05) is 83.3 Å². The summed E-state index contributed by atoms with van der Waals surface area (Å²) in [6, 6.07) is -1.56. The SMILES string of the molecule is C=C(CCCS)NC1C(COCC2C(CO)CC(CO)C(NN(Cl)CCCS)C2O)CC(CO)C(COCC2CC(C)(CO)C(CO)C(O)C2NC(=C)CCCS)C1O. The molecular weight excluding hydrogens is 840 g/mol. The van der Waals surface area contributed by atoms with Gasteiger partial charge in [-0.25, -0.2) is 5.43 Å². The van der Waals surface area contributed by atoms with E-state index in [4.69, 9.17) is 21.3 Å². The number of aliphatic hydroxyl groups excluding tert-OH is 8. The lowest BCUT2D eigenvalue weighted by Crippen LogP contribution is -2.60. The van der Waals surface area contributed by atoms with Crippen molar-refractivity contribution in [2.45, 2.75) is 94.7 Å². The Hall–Kier alpha value is -0.0600. The van der Waals surface area contributed by atoms with E-state index in [2.05, 4.69) is 67.1 Å². The summed E-state index contributed by atoms with van der Waals surface area (Å²) in [5, 5.41) is 93.9. The molecule has 3 fully saturated rings. The first-order valence-corrected chi connectivity index (χ1v) is 23.7. The smallest absolute Gasteiger partial charge is 0.0800 e. The van der Waals surface area contributed by atoms with Gasteiger partial charge in [-0.1, -0.05) is 20.1 Å². The number of ether oxygens (including phenoxy) is 2. The van der Waals surface area contributed by atoms with Gasteiger partial charge in [-0.2, -0.15) is 42.4 Å². The number of nitrogens with one attached hydrogen (secondary N) is 3. The van der Waals surface area contributed by atoms with Crippen LogP contribution in [0, 0.1) is 52.8 Å². The first-order chi connectivity index (χ1) is 28.3. The molecule has 0 bridgehead atoms. The van der Waals surface area contributed by atoms with E-state index in [9.17, 15) is 40.9 Å². The molecule has 0 heterocycles. The molecular formula is C41H77ClN4O10S3. The average Bonchev–Trinajstić information content (AvgIpc) is 3.22. The number of halogens is 1. The fourth-order valence-electron chi connectivity index (χ4n) is 9.74. The highest BCUT2D eigenvalue weighted by molar-refractivity contribution is 7.80. The lowest BCUT2D eigenvalue weighted by molar-refractivity contribution is -0.128. The highest BCUT2D eigenvalue weighted by Gasteiger charge is 2.51. The van der Waals surface area contributed by atoms with Crippen molar-refractivity contribution >= 4 is 49.7 Å². The second-order valence-electron chi connectivity index (χ2n) is 17.5. The molecule has 14 nitrogen and oxygen atoms in total. The van der Waals surface area contributed by atoms with Crippen molar-refractivity contribution in [2.24, 2.45) is 52.8 Å². The average molecular weight is 918 g/mol. The second kappa shape index (κ2) is 27.3. The predicted molar refractivity (Wildman–Crippen MR) is 241 cm³/mol. The summed E-state index contributed by atoms with van der Waals surface area (Å²) < 4.78 is 14.1. The summed E-state index contributed by atoms with van der Waals surface area (Å²) in [5.74, 6) is -1.02. The summed E-state index contributed by atoms with van der Waals surface area (Å²) in [6.45, 7) is 10.3. The lowest BCUT2D eigenvalue weighted by Gasteiger charge is -2.50. The molecule has 0 aromatic heterocycles. The van der Waals surface area contributed by atoms with Crippen LogP contribution >= 0.6 is 49.7 Å². The molecule has 18 heteroatoms. The minimum Gasteiger partial charge on any atom is -0.396 e. The number of rotatable bonds is 28. The number of hydrazine groups is 1. The van der Waals surface area contributed by atoms with E-state index in [1.54, 1.807) is 0 Å². The third kappa shape index (κ3) is 15.0. The maximum atomic E-state index is 12.1. The quantitative estimate of drug-likeness (QED) is 0.0302. The fourth-order valence-corrected chi connectivity index (χ4v) is 10.4. The molecule has 3 aliphatic carbocycles. The molecule has 15 unspecified atom stereocenters. The van der Waals surface area contributed by atoms with Crippen LogP contribution in [0.3, 0.4) is 0 Å². The molecule has 0 spiro atoms. The Labute approximate surface area is 374 Å². The van der Waals surface area contributed by atoms with Crippen molar-refractivity contribution in [1.29, 1.82) is 0 Å². The van der Waals surface area contributed by atoms with Gasteiger partial charge in [0, 0.05) is 86.5 Å². The van der Waals surface area contributed by atoms with Crippen LogP contribution in [-0.2, 0) is 9.47 Å². The van der Waals surface area contributed by atoms with Crippen molar-refractivity contribution in [3.63, 3.8) is 0 Å². The van der Waals surface area contributed by atoms with Gasteiger partial charge in [-0.3, -0.25) is 0 Å². The van der Waals surface area contributed by atoms with Crippen LogP contribution in [0.1, 0.15) is 58.3 Å². The summed E-state index contributed by atoms with van der Waals surface area (Å²) >= 11 is 19.3. The van der Waals surface area contributed by atoms with Crippen LogP contribution in [-0.4, -0.2) is 165 Å². The van der Waals surface area contributed by atoms with Gasteiger partial charge >= 0.3 is 0 Å². The lowest BCUT2D eigenvalue weighted by atomic mass is 9.61. The molecule has 346 valence electrons. The van der Waals surface area contributed by atoms with Crippen molar-refractivity contribution < 1.29 is 50.3 Å². The van der Waals surface area contributed by atoms with Crippen molar-refractivity contribution in [3.05, 3.63) is 24.6 Å². The molecule has 11 N–H and O–H groups in total. The van der Waals surface area contributed by atoms with Gasteiger partial charge in [0.05, 0.1) is 62.9 Å². The van der Waals surface area contributed by atoms with Crippen molar-refractivity contribution in [1.82, 2.24) is 20.6 Å². The summed E-state index contributed by atoms with van der Waals surface area (Å²) in [5.41, 5.74) is 3.88. The van der Waals surface area contributed by atoms with E-state index in [-0.39, 0.29) is 89.1 Å². The number of aliphatic hydroxyl groups is 8. The van der Waals surface area contributed by atoms with E-state index in [0.717, 1.165) is 30.7 Å². The van der Waals surface area contributed by atoms with Crippen LogP contribution in [0.25, 0.3) is 0 Å². The van der Waals surface area contributed by atoms with E-state index >= 15 is 0 Å². The fraction of sp³-hybridized carbons (Fsp3) is 0.902. The first kappa shape index (κ1) is 53.3. The number of allylic oxidation sites excluding steroid dienone is 2. The Morgan fingerprint density at radius 3 is 1.61 bits per heavy atom. The third-order valence-corrected chi connectivity index (χ3v) is 14.5. The highest BCUT2D eigenvalue weighted by Crippen LogP contribution is 2.45. The molecule has 59 heavy (non-hydrogen) atoms. The maximum absolute atomic E-state index is 12.1. The van der Waals surface area contributed by atoms with Crippen LogP contribution in [0.5, 0.6) is 0 Å². The highest BCUT2D eigenvalue weighted by atomic mass is 35.5. The minimum atomic E-state index is -0.982. The summed E-state index contributed by atoms with van der Waals surface area (Å²) in [7, 11) is 0. The largest absolute Gasteiger partial charge is 0.396 e. The number of hydrogen-bond acceptors (Lipinski definition) is 17. The molecule has 0 aromatic rings. The number of nitrogens with zero attached hydrogens (tertiary/aromatic N) is 1. The standard InChI is InChI=1S/C41H77ClN4O10S3/c1-25(7-4-10-57)43-35-30(20-55-23-33-27(16-47)13-29(18-49)37(39(33)53)45-46(42)9-6-12-59)14-28(17-48)32(38(35)52)22-56-21-31-15-41(3,24-51)34(19-50)40(54)36(31)44-26(2)8-5-11-58/h27-40,43-45,47-54,57-59H,1-2,4-24H2,3H3. The molecule has 0 aromatic carbocycles. The Kier molecular flexibility index (Phi) is 24.7. The van der Waals surface area contributed by atoms with Crippen LogP contribution in [0.2, 0.25) is 0 Å².